The van der Waals surface area contributed by atoms with Crippen molar-refractivity contribution in [1.82, 2.24) is 5.32 Å². The number of unbranched alkanes of at least 4 members (excludes halogenated alkanes) is 18. The fourth-order valence-corrected chi connectivity index (χ4v) is 8.26. The fraction of sp³-hybridized carbons (Fsp3) is 0.706. The lowest BCUT2D eigenvalue weighted by molar-refractivity contribution is -0.267. The molecule has 6 atom stereocenters. The van der Waals surface area contributed by atoms with Crippen molar-refractivity contribution in [2.75, 3.05) is 13.7 Å². The summed E-state index contributed by atoms with van der Waals surface area (Å²) in [5, 5.41) is 24.0. The van der Waals surface area contributed by atoms with Crippen LogP contribution < -0.4 is 5.32 Å². The maximum absolute atomic E-state index is 13.7. The molecule has 1 fully saturated rings. The number of hydrogen-bond acceptors (Lipinski definition) is 9. The topological polar surface area (TPSA) is 141 Å². The summed E-state index contributed by atoms with van der Waals surface area (Å²) in [6.45, 7) is 1.70. The highest BCUT2D eigenvalue weighted by Crippen LogP contribution is 2.26. The van der Waals surface area contributed by atoms with E-state index < -0.39 is 55.2 Å². The van der Waals surface area contributed by atoms with E-state index in [1.165, 1.54) is 63.2 Å². The summed E-state index contributed by atoms with van der Waals surface area (Å²) in [5.74, 6) is -1.22. The Balaban J connectivity index is 1.48. The Morgan fingerprint density at radius 3 is 1.64 bits per heavy atom. The summed E-state index contributed by atoms with van der Waals surface area (Å²) in [4.78, 5) is 39.9. The lowest BCUT2D eigenvalue weighted by Crippen LogP contribution is -2.65. The van der Waals surface area contributed by atoms with Crippen molar-refractivity contribution in [3.8, 4) is 0 Å². The minimum atomic E-state index is -1.39. The SMILES string of the molecule is CCCCCCCCCCC[C@H](CC(=O)N[C@H]1[C@H](OC)O[C@H](CO)[C@@H](O)[C@@H]1OC(=O)CCCCCCCCc1ccccc1)OC(=O)CCCCCCCCc1ccccc1. The van der Waals surface area contributed by atoms with Crippen LogP contribution in [0, 0.1) is 0 Å². The molecule has 0 aromatic heterocycles. The lowest BCUT2D eigenvalue weighted by atomic mass is 9.96. The van der Waals surface area contributed by atoms with E-state index in [1.807, 2.05) is 12.1 Å². The van der Waals surface area contributed by atoms with E-state index >= 15 is 0 Å². The van der Waals surface area contributed by atoms with Gasteiger partial charge in [0.05, 0.1) is 13.0 Å². The third-order valence-corrected chi connectivity index (χ3v) is 11.9. The predicted octanol–water partition coefficient (Wildman–Crippen LogP) is 10.3. The molecule has 10 heteroatoms. The average molecular weight is 852 g/mol. The second-order valence-electron chi connectivity index (χ2n) is 17.1. The second-order valence-corrected chi connectivity index (χ2v) is 17.1. The number of aliphatic hydroxyl groups is 2. The molecule has 61 heavy (non-hydrogen) atoms. The van der Waals surface area contributed by atoms with E-state index in [4.69, 9.17) is 18.9 Å². The molecule has 1 heterocycles. The van der Waals surface area contributed by atoms with E-state index in [0.717, 1.165) is 96.3 Å². The van der Waals surface area contributed by atoms with Crippen LogP contribution in [0.2, 0.25) is 0 Å². The van der Waals surface area contributed by atoms with Gasteiger partial charge in [0.15, 0.2) is 12.4 Å². The number of rotatable bonds is 35. The molecule has 0 saturated carbocycles. The van der Waals surface area contributed by atoms with Gasteiger partial charge in [-0.2, -0.15) is 0 Å². The molecule has 0 unspecified atom stereocenters. The maximum atomic E-state index is 13.7. The summed E-state index contributed by atoms with van der Waals surface area (Å²) < 4.78 is 23.1. The van der Waals surface area contributed by atoms with E-state index in [9.17, 15) is 24.6 Å². The molecule has 1 aliphatic rings. The van der Waals surface area contributed by atoms with Crippen LogP contribution in [0.1, 0.15) is 179 Å². The third kappa shape index (κ3) is 23.1. The number of methoxy groups -OCH3 is 1. The van der Waals surface area contributed by atoms with Gasteiger partial charge in [-0.3, -0.25) is 14.4 Å². The Morgan fingerprint density at radius 1 is 0.656 bits per heavy atom. The van der Waals surface area contributed by atoms with Crippen LogP contribution in [-0.4, -0.2) is 78.5 Å². The summed E-state index contributed by atoms with van der Waals surface area (Å²) >= 11 is 0. The van der Waals surface area contributed by atoms with Crippen LogP contribution >= 0.6 is 0 Å². The molecule has 1 aliphatic heterocycles. The fourth-order valence-electron chi connectivity index (χ4n) is 8.26. The molecule has 3 rings (SSSR count). The van der Waals surface area contributed by atoms with Crippen molar-refractivity contribution in [1.29, 1.82) is 0 Å². The zero-order valence-electron chi connectivity index (χ0n) is 37.8. The standard InChI is InChI=1S/C51H81NO9/c1-3-4-5-6-7-8-9-16-27-36-43(59-46(55)37-28-17-12-10-14-21-30-41-32-23-19-24-33-41)39-45(54)52-48-50(49(57)44(40-53)60-51(48)58-2)61-47(56)38-29-18-13-11-15-22-31-42-34-25-20-26-35-42/h19-20,23-26,32-35,43-44,48-51,53,57H,3-18,21-22,27-31,36-40H2,1-2H3,(H,52,54)/t43-,44-,48-,49-,50-,51-/m1/s1. The van der Waals surface area contributed by atoms with Crippen molar-refractivity contribution in [3.05, 3.63) is 71.8 Å². The van der Waals surface area contributed by atoms with Crippen LogP contribution in [0.4, 0.5) is 0 Å². The first-order valence-corrected chi connectivity index (χ1v) is 24.1. The van der Waals surface area contributed by atoms with Gasteiger partial charge in [-0.25, -0.2) is 0 Å². The number of hydrogen-bond donors (Lipinski definition) is 3. The third-order valence-electron chi connectivity index (χ3n) is 11.9. The summed E-state index contributed by atoms with van der Waals surface area (Å²) in [7, 11) is 1.40. The van der Waals surface area contributed by atoms with Gasteiger partial charge in [0.1, 0.15) is 24.4 Å². The van der Waals surface area contributed by atoms with Crippen LogP contribution in [0.15, 0.2) is 60.7 Å². The zero-order chi connectivity index (χ0) is 43.8. The minimum Gasteiger partial charge on any atom is -0.462 e. The first kappa shape index (κ1) is 52.0. The molecule has 0 bridgehead atoms. The Morgan fingerprint density at radius 2 is 1.13 bits per heavy atom. The monoisotopic (exact) mass is 852 g/mol. The van der Waals surface area contributed by atoms with Crippen LogP contribution in [0.25, 0.3) is 0 Å². The molecule has 2 aromatic carbocycles. The summed E-state index contributed by atoms with van der Waals surface area (Å²) in [6, 6.07) is 20.0. The molecular weight excluding hydrogens is 771 g/mol. The number of carbonyl (C=O) groups excluding carboxylic acids is 3. The number of aryl methyl sites for hydroxylation is 2. The average Bonchev–Trinajstić information content (AvgIpc) is 3.26. The quantitative estimate of drug-likeness (QED) is 0.0457. The Labute approximate surface area is 368 Å². The molecular formula is C51H81NO9. The Hall–Kier alpha value is -3.31. The molecule has 0 radical (unpaired) electrons. The molecule has 3 N–H and O–H groups in total. The highest BCUT2D eigenvalue weighted by molar-refractivity contribution is 5.78. The van der Waals surface area contributed by atoms with E-state index in [2.05, 4.69) is 60.8 Å². The van der Waals surface area contributed by atoms with E-state index in [-0.39, 0.29) is 18.8 Å². The van der Waals surface area contributed by atoms with Crippen LogP contribution in [0.3, 0.4) is 0 Å². The zero-order valence-corrected chi connectivity index (χ0v) is 37.8. The molecule has 1 saturated heterocycles. The van der Waals surface area contributed by atoms with Gasteiger partial charge >= 0.3 is 11.9 Å². The number of benzene rings is 2. The molecule has 0 spiro atoms. The molecule has 344 valence electrons. The molecule has 1 amide bonds. The number of esters is 2. The molecule has 10 nitrogen and oxygen atoms in total. The van der Waals surface area contributed by atoms with Gasteiger partial charge in [-0.1, -0.05) is 170 Å². The summed E-state index contributed by atoms with van der Waals surface area (Å²) in [5.41, 5.74) is 2.72. The first-order valence-electron chi connectivity index (χ1n) is 24.1. The Bertz CT molecular complexity index is 1410. The van der Waals surface area contributed by atoms with Gasteiger partial charge in [-0.15, -0.1) is 0 Å². The second kappa shape index (κ2) is 33.3. The van der Waals surface area contributed by atoms with Gasteiger partial charge in [0, 0.05) is 20.0 Å². The van der Waals surface area contributed by atoms with E-state index in [1.54, 1.807) is 0 Å². The van der Waals surface area contributed by atoms with Crippen molar-refractivity contribution >= 4 is 17.8 Å². The largest absolute Gasteiger partial charge is 0.462 e. The Kier molecular flexibility index (Phi) is 28.4. The van der Waals surface area contributed by atoms with Crippen LogP contribution in [0.5, 0.6) is 0 Å². The van der Waals surface area contributed by atoms with E-state index in [0.29, 0.717) is 19.3 Å². The van der Waals surface area contributed by atoms with Crippen LogP contribution in [-0.2, 0) is 46.2 Å². The lowest BCUT2D eigenvalue weighted by Gasteiger charge is -2.43. The minimum absolute atomic E-state index is 0.0807. The van der Waals surface area contributed by atoms with Gasteiger partial charge in [0.25, 0.3) is 0 Å². The van der Waals surface area contributed by atoms with Crippen molar-refractivity contribution in [2.45, 2.75) is 217 Å². The normalized spacial score (nSPS) is 19.3. The molecule has 2 aromatic rings. The van der Waals surface area contributed by atoms with Gasteiger partial charge in [-0.05, 0) is 62.5 Å². The van der Waals surface area contributed by atoms with Gasteiger partial charge in [0.2, 0.25) is 5.91 Å². The summed E-state index contributed by atoms with van der Waals surface area (Å²) in [6.07, 6.45) is 20.2. The number of carbonyl (C=O) groups is 3. The predicted molar refractivity (Wildman–Crippen MR) is 242 cm³/mol. The highest BCUT2D eigenvalue weighted by atomic mass is 16.7. The maximum Gasteiger partial charge on any atom is 0.306 e. The smallest absolute Gasteiger partial charge is 0.306 e. The highest BCUT2D eigenvalue weighted by Gasteiger charge is 2.48. The number of amides is 1. The number of nitrogens with one attached hydrogen (secondary N) is 1. The number of ether oxygens (including phenoxy) is 4. The van der Waals surface area contributed by atoms with Crippen molar-refractivity contribution in [3.63, 3.8) is 0 Å². The molecule has 0 aliphatic carbocycles. The van der Waals surface area contributed by atoms with Crippen molar-refractivity contribution in [2.24, 2.45) is 0 Å². The first-order chi connectivity index (χ1) is 29.8. The number of aliphatic hydroxyl groups excluding tert-OH is 2. The van der Waals surface area contributed by atoms with Gasteiger partial charge < -0.3 is 34.5 Å². The van der Waals surface area contributed by atoms with Crippen molar-refractivity contribution < 1.29 is 43.5 Å².